The first-order valence-corrected chi connectivity index (χ1v) is 7.69. The van der Waals surface area contributed by atoms with Gasteiger partial charge in [0.1, 0.15) is 0 Å². The lowest BCUT2D eigenvalue weighted by atomic mass is 9.94. The molecule has 5 heteroatoms. The highest BCUT2D eigenvalue weighted by molar-refractivity contribution is 6.30. The second-order valence-corrected chi connectivity index (χ2v) is 5.94. The molecule has 0 heterocycles. The topological polar surface area (TPSA) is 66.4 Å². The molecule has 2 N–H and O–H groups in total. The number of hydrogen-bond acceptors (Lipinski definition) is 2. The zero-order chi connectivity index (χ0) is 15.4. The Morgan fingerprint density at radius 3 is 2.48 bits per heavy atom. The molecule has 1 aliphatic rings. The van der Waals surface area contributed by atoms with E-state index < -0.39 is 17.8 Å². The fraction of sp³-hybridized carbons (Fsp3) is 0.500. The van der Waals surface area contributed by atoms with Crippen LogP contribution < -0.4 is 5.32 Å². The number of carbonyl (C=O) groups is 2. The van der Waals surface area contributed by atoms with Crippen LogP contribution in [0.5, 0.6) is 0 Å². The molecule has 4 nitrogen and oxygen atoms in total. The number of carboxylic acid groups (broad SMARTS) is 1. The van der Waals surface area contributed by atoms with Crippen LogP contribution in [0.3, 0.4) is 0 Å². The molecule has 2 rings (SSSR count). The molecule has 1 aliphatic carbocycles. The van der Waals surface area contributed by atoms with Gasteiger partial charge in [0.05, 0.1) is 17.9 Å². The number of carboxylic acids is 1. The SMILES string of the molecule is CCC(NC(=O)[C@@H]1CCC[C@@H]1C(=O)O)c1ccc(Cl)cc1. The molecule has 1 aromatic carbocycles. The molecule has 21 heavy (non-hydrogen) atoms. The van der Waals surface area contributed by atoms with Gasteiger partial charge in [0.15, 0.2) is 0 Å². The largest absolute Gasteiger partial charge is 0.481 e. The van der Waals surface area contributed by atoms with Crippen molar-refractivity contribution in [1.82, 2.24) is 5.32 Å². The number of hydrogen-bond donors (Lipinski definition) is 2. The van der Waals surface area contributed by atoms with E-state index >= 15 is 0 Å². The Balaban J connectivity index is 2.06. The lowest BCUT2D eigenvalue weighted by Gasteiger charge is -2.22. The van der Waals surface area contributed by atoms with Crippen LogP contribution in [0.4, 0.5) is 0 Å². The molecule has 0 saturated heterocycles. The maximum atomic E-state index is 12.4. The van der Waals surface area contributed by atoms with Gasteiger partial charge in [-0.15, -0.1) is 0 Å². The van der Waals surface area contributed by atoms with Crippen molar-refractivity contribution in [2.24, 2.45) is 11.8 Å². The molecule has 1 fully saturated rings. The molecule has 3 atom stereocenters. The minimum absolute atomic E-state index is 0.107. The van der Waals surface area contributed by atoms with Gasteiger partial charge in [-0.1, -0.05) is 37.1 Å². The summed E-state index contributed by atoms with van der Waals surface area (Å²) in [6.07, 6.45) is 2.79. The van der Waals surface area contributed by atoms with Crippen LogP contribution in [-0.2, 0) is 9.59 Å². The zero-order valence-electron chi connectivity index (χ0n) is 12.0. The smallest absolute Gasteiger partial charge is 0.307 e. The minimum atomic E-state index is -0.868. The predicted octanol–water partition coefficient (Wildman–Crippen LogP) is 3.41. The summed E-state index contributed by atoms with van der Waals surface area (Å²) in [7, 11) is 0. The van der Waals surface area contributed by atoms with Gasteiger partial charge < -0.3 is 10.4 Å². The van der Waals surface area contributed by atoms with Gasteiger partial charge in [-0.3, -0.25) is 9.59 Å². The van der Waals surface area contributed by atoms with Crippen LogP contribution in [0.2, 0.25) is 5.02 Å². The molecule has 0 radical (unpaired) electrons. The van der Waals surface area contributed by atoms with E-state index in [2.05, 4.69) is 5.32 Å². The van der Waals surface area contributed by atoms with Gasteiger partial charge in [-0.25, -0.2) is 0 Å². The van der Waals surface area contributed by atoms with Gasteiger partial charge >= 0.3 is 5.97 Å². The summed E-state index contributed by atoms with van der Waals surface area (Å²) in [5.41, 5.74) is 0.986. The maximum absolute atomic E-state index is 12.4. The molecule has 1 aromatic rings. The number of carbonyl (C=O) groups excluding carboxylic acids is 1. The van der Waals surface area contributed by atoms with Crippen LogP contribution in [0, 0.1) is 11.8 Å². The first kappa shape index (κ1) is 15.8. The van der Waals surface area contributed by atoms with Gasteiger partial charge in [0, 0.05) is 5.02 Å². The first-order valence-electron chi connectivity index (χ1n) is 7.31. The zero-order valence-corrected chi connectivity index (χ0v) is 12.8. The number of rotatable bonds is 5. The number of nitrogens with one attached hydrogen (secondary N) is 1. The van der Waals surface area contributed by atoms with E-state index in [-0.39, 0.29) is 11.9 Å². The third-order valence-corrected chi connectivity index (χ3v) is 4.42. The van der Waals surface area contributed by atoms with E-state index in [1.165, 1.54) is 0 Å². The van der Waals surface area contributed by atoms with Crippen LogP contribution in [0.25, 0.3) is 0 Å². The Kier molecular flexibility index (Phi) is 5.23. The van der Waals surface area contributed by atoms with E-state index in [1.54, 1.807) is 12.1 Å². The summed E-state index contributed by atoms with van der Waals surface area (Å²) < 4.78 is 0. The van der Waals surface area contributed by atoms with Crippen LogP contribution in [-0.4, -0.2) is 17.0 Å². The molecule has 114 valence electrons. The van der Waals surface area contributed by atoms with Crippen molar-refractivity contribution < 1.29 is 14.7 Å². The van der Waals surface area contributed by atoms with Gasteiger partial charge in [-0.05, 0) is 37.0 Å². The summed E-state index contributed by atoms with van der Waals surface area (Å²) in [5.74, 6) is -1.98. The number of aliphatic carboxylic acids is 1. The lowest BCUT2D eigenvalue weighted by molar-refractivity contribution is -0.146. The fourth-order valence-corrected chi connectivity index (χ4v) is 3.09. The fourth-order valence-electron chi connectivity index (χ4n) is 2.96. The molecule has 1 saturated carbocycles. The quantitative estimate of drug-likeness (QED) is 0.876. The Morgan fingerprint density at radius 1 is 1.29 bits per heavy atom. The molecule has 0 spiro atoms. The van der Waals surface area contributed by atoms with Crippen LogP contribution in [0.1, 0.15) is 44.2 Å². The number of halogens is 1. The molecule has 0 bridgehead atoms. The van der Waals surface area contributed by atoms with Crippen molar-refractivity contribution in [3.05, 3.63) is 34.9 Å². The first-order chi connectivity index (χ1) is 10.0. The third kappa shape index (κ3) is 3.76. The Labute approximate surface area is 129 Å². The molecule has 0 aromatic heterocycles. The Morgan fingerprint density at radius 2 is 1.90 bits per heavy atom. The molecule has 0 aliphatic heterocycles. The minimum Gasteiger partial charge on any atom is -0.481 e. The summed E-state index contributed by atoms with van der Waals surface area (Å²) in [5, 5.41) is 12.8. The number of benzene rings is 1. The predicted molar refractivity (Wildman–Crippen MR) is 81.1 cm³/mol. The van der Waals surface area contributed by atoms with Crippen LogP contribution in [0.15, 0.2) is 24.3 Å². The monoisotopic (exact) mass is 309 g/mol. The summed E-state index contributed by atoms with van der Waals surface area (Å²) >= 11 is 5.87. The van der Waals surface area contributed by atoms with Crippen LogP contribution >= 0.6 is 11.6 Å². The average Bonchev–Trinajstić information content (AvgIpc) is 2.95. The second-order valence-electron chi connectivity index (χ2n) is 5.50. The molecule has 1 unspecified atom stereocenters. The maximum Gasteiger partial charge on any atom is 0.307 e. The second kappa shape index (κ2) is 6.94. The van der Waals surface area contributed by atoms with Gasteiger partial charge in [0.2, 0.25) is 5.91 Å². The third-order valence-electron chi connectivity index (χ3n) is 4.17. The van der Waals surface area contributed by atoms with Crippen molar-refractivity contribution in [3.8, 4) is 0 Å². The summed E-state index contributed by atoms with van der Waals surface area (Å²) in [6.45, 7) is 1.99. The van der Waals surface area contributed by atoms with Gasteiger partial charge in [-0.2, -0.15) is 0 Å². The highest BCUT2D eigenvalue weighted by atomic mass is 35.5. The van der Waals surface area contributed by atoms with E-state index in [0.29, 0.717) is 17.9 Å². The average molecular weight is 310 g/mol. The molecular weight excluding hydrogens is 290 g/mol. The molecule has 1 amide bonds. The van der Waals surface area contributed by atoms with Crippen molar-refractivity contribution in [2.75, 3.05) is 0 Å². The van der Waals surface area contributed by atoms with Gasteiger partial charge in [0.25, 0.3) is 0 Å². The summed E-state index contributed by atoms with van der Waals surface area (Å²) in [6, 6.07) is 7.26. The lowest BCUT2D eigenvalue weighted by Crippen LogP contribution is -2.37. The van der Waals surface area contributed by atoms with Crippen molar-refractivity contribution in [1.29, 1.82) is 0 Å². The highest BCUT2D eigenvalue weighted by Gasteiger charge is 2.38. The summed E-state index contributed by atoms with van der Waals surface area (Å²) in [4.78, 5) is 23.6. The van der Waals surface area contributed by atoms with Crippen molar-refractivity contribution in [2.45, 2.75) is 38.6 Å². The molecular formula is C16H20ClNO3. The Bertz CT molecular complexity index is 515. The van der Waals surface area contributed by atoms with E-state index in [0.717, 1.165) is 18.4 Å². The highest BCUT2D eigenvalue weighted by Crippen LogP contribution is 2.33. The van der Waals surface area contributed by atoms with Crippen molar-refractivity contribution >= 4 is 23.5 Å². The normalized spacial score (nSPS) is 22.8. The van der Waals surface area contributed by atoms with E-state index in [1.807, 2.05) is 19.1 Å². The Hall–Kier alpha value is -1.55. The number of amides is 1. The van der Waals surface area contributed by atoms with Crippen molar-refractivity contribution in [3.63, 3.8) is 0 Å². The standard InChI is InChI=1S/C16H20ClNO3/c1-2-14(10-6-8-11(17)9-7-10)18-15(19)12-4-3-5-13(12)16(20)21/h6-9,12-14H,2-5H2,1H3,(H,18,19)(H,20,21)/t12-,13+,14?/m1/s1. The van der Waals surface area contributed by atoms with E-state index in [9.17, 15) is 14.7 Å². The van der Waals surface area contributed by atoms with E-state index in [4.69, 9.17) is 11.6 Å².